The Labute approximate surface area is 247 Å². The Hall–Kier alpha value is -4.92. The van der Waals surface area contributed by atoms with Gasteiger partial charge in [0.15, 0.2) is 11.5 Å². The molecule has 0 spiro atoms. The highest BCUT2D eigenvalue weighted by Gasteiger charge is 2.31. The van der Waals surface area contributed by atoms with Crippen LogP contribution in [0, 0.1) is 11.8 Å². The van der Waals surface area contributed by atoms with E-state index in [1.54, 1.807) is 40.9 Å². The number of pyridine rings is 1. The first-order chi connectivity index (χ1) is 21.0. The second-order valence-corrected chi connectivity index (χ2v) is 10.3. The van der Waals surface area contributed by atoms with Crippen LogP contribution in [0.25, 0.3) is 28.2 Å². The number of amides is 1. The molecule has 1 aliphatic heterocycles. The molecule has 0 aliphatic carbocycles. The summed E-state index contributed by atoms with van der Waals surface area (Å²) in [6, 6.07) is 11.8. The molecule has 1 saturated heterocycles. The van der Waals surface area contributed by atoms with Gasteiger partial charge in [0.2, 0.25) is 5.95 Å². The van der Waals surface area contributed by atoms with E-state index in [-0.39, 0.29) is 17.9 Å². The number of piperazine rings is 1. The standard InChI is InChI=1S/C29H26F5N9O/c1-40-28(42-14-12-41(13-15-42)11-9-29(32,33)34)25(26(39-40)18-2-4-20(30)5-3-18)21-6-7-24-36-23(17-43(24)38-21)37-27(44)19-8-10-35-22(31)16-19/h2-8,10,16-17H,9,11-15H2,1H3,(H,37,44). The van der Waals surface area contributed by atoms with Crippen molar-refractivity contribution in [2.24, 2.45) is 7.05 Å². The van der Waals surface area contributed by atoms with Gasteiger partial charge in [0, 0.05) is 63.2 Å². The Morgan fingerprint density at radius 3 is 2.43 bits per heavy atom. The van der Waals surface area contributed by atoms with Crippen molar-refractivity contribution < 1.29 is 26.7 Å². The van der Waals surface area contributed by atoms with E-state index < -0.39 is 30.3 Å². The quantitative estimate of drug-likeness (QED) is 0.209. The largest absolute Gasteiger partial charge is 0.390 e. The Bertz CT molecular complexity index is 1810. The second-order valence-electron chi connectivity index (χ2n) is 10.3. The summed E-state index contributed by atoms with van der Waals surface area (Å²) in [7, 11) is 1.77. The van der Waals surface area contributed by atoms with Gasteiger partial charge >= 0.3 is 6.18 Å². The molecular weight excluding hydrogens is 585 g/mol. The second kappa shape index (κ2) is 11.6. The lowest BCUT2D eigenvalue weighted by atomic mass is 10.0. The average Bonchev–Trinajstić information content (AvgIpc) is 3.55. The summed E-state index contributed by atoms with van der Waals surface area (Å²) in [6.45, 7) is 1.74. The molecule has 0 atom stereocenters. The smallest absolute Gasteiger partial charge is 0.354 e. The number of nitrogens with zero attached hydrogens (tertiary/aromatic N) is 8. The molecule has 5 heterocycles. The molecule has 228 valence electrons. The predicted molar refractivity (Wildman–Crippen MR) is 152 cm³/mol. The summed E-state index contributed by atoms with van der Waals surface area (Å²) in [5.41, 5.74) is 2.85. The van der Waals surface area contributed by atoms with Crippen LogP contribution in [0.3, 0.4) is 0 Å². The van der Waals surface area contributed by atoms with Crippen LogP contribution < -0.4 is 10.2 Å². The van der Waals surface area contributed by atoms with Gasteiger partial charge in [-0.15, -0.1) is 0 Å². The third-order valence-corrected chi connectivity index (χ3v) is 7.32. The van der Waals surface area contributed by atoms with Crippen molar-refractivity contribution in [1.82, 2.24) is 34.3 Å². The monoisotopic (exact) mass is 611 g/mol. The van der Waals surface area contributed by atoms with Crippen molar-refractivity contribution in [3.8, 4) is 22.5 Å². The lowest BCUT2D eigenvalue weighted by molar-refractivity contribution is -0.138. The lowest BCUT2D eigenvalue weighted by Crippen LogP contribution is -2.47. The Kier molecular flexibility index (Phi) is 7.71. The summed E-state index contributed by atoms with van der Waals surface area (Å²) in [6.07, 6.45) is -2.38. The highest BCUT2D eigenvalue weighted by Crippen LogP contribution is 2.39. The predicted octanol–water partition coefficient (Wildman–Crippen LogP) is 4.80. The molecule has 5 aromatic rings. The van der Waals surface area contributed by atoms with Gasteiger partial charge < -0.3 is 10.2 Å². The van der Waals surface area contributed by atoms with E-state index in [4.69, 9.17) is 10.2 Å². The van der Waals surface area contributed by atoms with Crippen LogP contribution in [0.5, 0.6) is 0 Å². The Morgan fingerprint density at radius 1 is 0.977 bits per heavy atom. The van der Waals surface area contributed by atoms with Gasteiger partial charge in [-0.25, -0.2) is 18.9 Å². The fraction of sp³-hybridized carbons (Fsp3) is 0.276. The number of halogens is 5. The zero-order valence-electron chi connectivity index (χ0n) is 23.4. The molecule has 0 saturated carbocycles. The van der Waals surface area contributed by atoms with Gasteiger partial charge in [-0.1, -0.05) is 0 Å². The van der Waals surface area contributed by atoms with Gasteiger partial charge in [0.25, 0.3) is 5.91 Å². The van der Waals surface area contributed by atoms with Gasteiger partial charge in [0.1, 0.15) is 17.3 Å². The number of hydrogen-bond acceptors (Lipinski definition) is 7. The maximum atomic E-state index is 13.8. The number of nitrogens with one attached hydrogen (secondary N) is 1. The van der Waals surface area contributed by atoms with Gasteiger partial charge in [-0.05, 0) is 42.5 Å². The molecule has 0 unspecified atom stereocenters. The van der Waals surface area contributed by atoms with Gasteiger partial charge in [0.05, 0.1) is 23.9 Å². The van der Waals surface area contributed by atoms with E-state index in [1.165, 1.54) is 35.1 Å². The SMILES string of the molecule is Cn1nc(-c2ccc(F)cc2)c(-c2ccc3nc(NC(=O)c4ccnc(F)c4)cn3n2)c1N1CCN(CCC(F)(F)F)CC1. The van der Waals surface area contributed by atoms with Crippen molar-refractivity contribution >= 4 is 23.2 Å². The number of hydrogen-bond donors (Lipinski definition) is 1. The number of aryl methyl sites for hydroxylation is 1. The van der Waals surface area contributed by atoms with Crippen LogP contribution in [-0.4, -0.2) is 79.1 Å². The van der Waals surface area contributed by atoms with Crippen molar-refractivity contribution in [3.05, 3.63) is 78.3 Å². The molecular formula is C29H26F5N9O. The normalized spacial score (nSPS) is 14.4. The summed E-state index contributed by atoms with van der Waals surface area (Å²) in [5, 5.41) is 12.1. The topological polar surface area (TPSA) is 96.5 Å². The van der Waals surface area contributed by atoms with Gasteiger partial charge in [-0.3, -0.25) is 14.4 Å². The van der Waals surface area contributed by atoms with E-state index in [1.807, 2.05) is 0 Å². The molecule has 6 rings (SSSR count). The van der Waals surface area contributed by atoms with Crippen molar-refractivity contribution in [1.29, 1.82) is 0 Å². The number of imidazole rings is 1. The van der Waals surface area contributed by atoms with Crippen LogP contribution >= 0.6 is 0 Å². The number of anilines is 2. The minimum Gasteiger partial charge on any atom is -0.354 e. The molecule has 0 bridgehead atoms. The van der Waals surface area contributed by atoms with Crippen molar-refractivity contribution in [2.45, 2.75) is 12.6 Å². The molecule has 10 nitrogen and oxygen atoms in total. The van der Waals surface area contributed by atoms with Crippen LogP contribution in [0.4, 0.5) is 33.6 Å². The number of carbonyl (C=O) groups excluding carboxylic acids is 1. The summed E-state index contributed by atoms with van der Waals surface area (Å²) >= 11 is 0. The van der Waals surface area contributed by atoms with E-state index >= 15 is 0 Å². The molecule has 1 fully saturated rings. The fourth-order valence-electron chi connectivity index (χ4n) is 5.20. The molecule has 1 aliphatic rings. The Balaban J connectivity index is 1.33. The van der Waals surface area contributed by atoms with E-state index in [9.17, 15) is 26.7 Å². The van der Waals surface area contributed by atoms with E-state index in [0.717, 1.165) is 6.07 Å². The molecule has 0 radical (unpaired) electrons. The highest BCUT2D eigenvalue weighted by atomic mass is 19.4. The summed E-state index contributed by atoms with van der Waals surface area (Å²) in [4.78, 5) is 24.3. The Morgan fingerprint density at radius 2 is 1.73 bits per heavy atom. The maximum absolute atomic E-state index is 13.8. The fourth-order valence-corrected chi connectivity index (χ4v) is 5.20. The third kappa shape index (κ3) is 6.22. The first-order valence-corrected chi connectivity index (χ1v) is 13.7. The average molecular weight is 612 g/mol. The number of rotatable bonds is 7. The van der Waals surface area contributed by atoms with Crippen LogP contribution in [-0.2, 0) is 7.05 Å². The van der Waals surface area contributed by atoms with Crippen LogP contribution in [0.15, 0.2) is 60.9 Å². The van der Waals surface area contributed by atoms with Crippen LogP contribution in [0.2, 0.25) is 0 Å². The molecule has 15 heteroatoms. The molecule has 1 N–H and O–H groups in total. The molecule has 4 aromatic heterocycles. The zero-order chi connectivity index (χ0) is 31.0. The minimum absolute atomic E-state index is 0.0652. The first-order valence-electron chi connectivity index (χ1n) is 13.7. The van der Waals surface area contributed by atoms with Crippen molar-refractivity contribution in [3.63, 3.8) is 0 Å². The van der Waals surface area contributed by atoms with E-state index in [0.29, 0.717) is 60.2 Å². The first kappa shape index (κ1) is 29.2. The highest BCUT2D eigenvalue weighted by molar-refractivity contribution is 6.03. The van der Waals surface area contributed by atoms with Crippen LogP contribution in [0.1, 0.15) is 16.8 Å². The number of aromatic nitrogens is 6. The molecule has 44 heavy (non-hydrogen) atoms. The maximum Gasteiger partial charge on any atom is 0.390 e. The molecule has 1 amide bonds. The van der Waals surface area contributed by atoms with Crippen molar-refractivity contribution in [2.75, 3.05) is 42.9 Å². The zero-order valence-corrected chi connectivity index (χ0v) is 23.4. The number of benzene rings is 1. The minimum atomic E-state index is -4.21. The lowest BCUT2D eigenvalue weighted by Gasteiger charge is -2.36. The summed E-state index contributed by atoms with van der Waals surface area (Å²) < 4.78 is 68.8. The third-order valence-electron chi connectivity index (χ3n) is 7.32. The number of carbonyl (C=O) groups is 1. The van der Waals surface area contributed by atoms with E-state index in [2.05, 4.69) is 20.2 Å². The number of fused-ring (bicyclic) bond motifs is 1. The number of alkyl halides is 3. The van der Waals surface area contributed by atoms with Gasteiger partial charge in [-0.2, -0.15) is 27.8 Å². The summed E-state index contributed by atoms with van der Waals surface area (Å²) in [5.74, 6) is -0.858. The molecule has 1 aromatic carbocycles.